The monoisotopic (exact) mass is 556 g/mol. The Morgan fingerprint density at radius 3 is 2.51 bits per heavy atom. The quantitative estimate of drug-likeness (QED) is 0.292. The zero-order valence-electron chi connectivity index (χ0n) is 23.6. The predicted octanol–water partition coefficient (Wildman–Crippen LogP) is 5.10. The van der Waals surface area contributed by atoms with Crippen molar-refractivity contribution in [3.63, 3.8) is 0 Å². The lowest BCUT2D eigenvalue weighted by Crippen LogP contribution is -2.47. The molecule has 1 aliphatic carbocycles. The van der Waals surface area contributed by atoms with E-state index in [1.807, 2.05) is 42.6 Å². The molecule has 0 unspecified atom stereocenters. The average molecular weight is 557 g/mol. The Morgan fingerprint density at radius 1 is 1.05 bits per heavy atom. The van der Waals surface area contributed by atoms with E-state index in [1.165, 1.54) is 0 Å². The highest BCUT2D eigenvalue weighted by Crippen LogP contribution is 2.34. The van der Waals surface area contributed by atoms with Gasteiger partial charge < -0.3 is 9.47 Å². The van der Waals surface area contributed by atoms with Crippen LogP contribution in [-0.2, 0) is 14.3 Å². The van der Waals surface area contributed by atoms with Crippen molar-refractivity contribution in [2.24, 2.45) is 11.8 Å². The van der Waals surface area contributed by atoms with Crippen LogP contribution in [0.4, 0.5) is 5.82 Å². The molecule has 2 fully saturated rings. The second kappa shape index (κ2) is 11.8. The Hall–Kier alpha value is -4.05. The number of fused-ring (bicyclic) bond motifs is 1. The molecule has 3 aromatic heterocycles. The summed E-state index contributed by atoms with van der Waals surface area (Å²) in [5, 5.41) is 9.48. The Bertz CT molecular complexity index is 1480. The van der Waals surface area contributed by atoms with Gasteiger partial charge in [-0.1, -0.05) is 19.1 Å². The number of carbonyl (C=O) groups is 2. The van der Waals surface area contributed by atoms with Crippen LogP contribution in [0, 0.1) is 11.8 Å². The van der Waals surface area contributed by atoms with Crippen molar-refractivity contribution in [3.8, 4) is 16.9 Å². The van der Waals surface area contributed by atoms with Crippen molar-refractivity contribution in [3.05, 3.63) is 60.6 Å². The van der Waals surface area contributed by atoms with E-state index in [-0.39, 0.29) is 24.5 Å². The van der Waals surface area contributed by atoms with Gasteiger partial charge in [-0.2, -0.15) is 5.10 Å². The van der Waals surface area contributed by atoms with Crippen LogP contribution in [0.5, 0.6) is 0 Å². The van der Waals surface area contributed by atoms with Gasteiger partial charge in [-0.15, -0.1) is 5.10 Å². The van der Waals surface area contributed by atoms with Crippen LogP contribution >= 0.6 is 0 Å². The summed E-state index contributed by atoms with van der Waals surface area (Å²) in [6, 6.07) is 11.5. The number of anilines is 1. The number of nitrogens with zero attached hydrogens (tertiary/aromatic N) is 6. The molecule has 2 aliphatic rings. The molecule has 10 nitrogen and oxygen atoms in total. The topological polar surface area (TPSA) is 104 Å². The minimum atomic E-state index is -0.482. The van der Waals surface area contributed by atoms with Crippen LogP contribution in [0.15, 0.2) is 55.0 Å². The van der Waals surface area contributed by atoms with E-state index in [4.69, 9.17) is 14.6 Å². The first-order chi connectivity index (χ1) is 20.0. The number of amides is 1. The van der Waals surface area contributed by atoms with Gasteiger partial charge in [0, 0.05) is 55.4 Å². The summed E-state index contributed by atoms with van der Waals surface area (Å²) in [5.74, 6) is 0.493. The minimum absolute atomic E-state index is 0.0513. The number of hydrogen-bond donors (Lipinski definition) is 0. The molecule has 0 bridgehead atoms. The van der Waals surface area contributed by atoms with Gasteiger partial charge in [-0.25, -0.2) is 19.0 Å². The first-order valence-electron chi connectivity index (χ1n) is 14.6. The standard InChI is InChI=1S/C31H36N6O4/c1-3-41-31(39)26-20-36(24-11-9-22(10-12-24)27-19-28-32-15-4-16-35(28)33-27)34-29(26)37(25-13-17-40-18-14-25)30(38)23-7-5-21(2)6-8-23/h4,9-12,15-16,19-21,23,25H,3,5-8,13-14,17-18H2,1-2H3. The summed E-state index contributed by atoms with van der Waals surface area (Å²) in [6.45, 7) is 5.41. The molecule has 214 valence electrons. The third-order valence-electron chi connectivity index (χ3n) is 8.24. The Morgan fingerprint density at radius 2 is 1.80 bits per heavy atom. The van der Waals surface area contributed by atoms with Crippen LogP contribution in [0.3, 0.4) is 0 Å². The molecule has 4 heterocycles. The van der Waals surface area contributed by atoms with Gasteiger partial charge in [0.1, 0.15) is 5.56 Å². The first-order valence-corrected chi connectivity index (χ1v) is 14.6. The van der Waals surface area contributed by atoms with Crippen molar-refractivity contribution in [1.82, 2.24) is 24.4 Å². The lowest BCUT2D eigenvalue weighted by atomic mass is 9.82. The molecule has 1 aromatic carbocycles. The fraction of sp³-hybridized carbons (Fsp3) is 0.452. The van der Waals surface area contributed by atoms with E-state index in [1.54, 1.807) is 33.4 Å². The fourth-order valence-electron chi connectivity index (χ4n) is 5.89. The second-order valence-electron chi connectivity index (χ2n) is 11.0. The van der Waals surface area contributed by atoms with Gasteiger partial charge in [0.05, 0.1) is 18.0 Å². The lowest BCUT2D eigenvalue weighted by molar-refractivity contribution is -0.124. The van der Waals surface area contributed by atoms with Gasteiger partial charge in [-0.3, -0.25) is 9.69 Å². The van der Waals surface area contributed by atoms with E-state index >= 15 is 0 Å². The number of esters is 1. The largest absolute Gasteiger partial charge is 0.462 e. The van der Waals surface area contributed by atoms with Crippen molar-refractivity contribution in [2.75, 3.05) is 24.7 Å². The molecule has 1 saturated carbocycles. The third kappa shape index (κ3) is 5.61. The Labute approximate surface area is 239 Å². The predicted molar refractivity (Wildman–Crippen MR) is 154 cm³/mol. The Balaban J connectivity index is 1.36. The SMILES string of the molecule is CCOC(=O)c1cn(-c2ccc(-c3cc4ncccn4n3)cc2)nc1N(C(=O)C1CCC(C)CC1)C1CCOCC1. The summed E-state index contributed by atoms with van der Waals surface area (Å²) >= 11 is 0. The van der Waals surface area contributed by atoms with E-state index in [0.29, 0.717) is 43.4 Å². The summed E-state index contributed by atoms with van der Waals surface area (Å²) < 4.78 is 14.5. The highest BCUT2D eigenvalue weighted by Gasteiger charge is 2.37. The van der Waals surface area contributed by atoms with E-state index < -0.39 is 5.97 Å². The van der Waals surface area contributed by atoms with E-state index in [2.05, 4.69) is 17.0 Å². The molecule has 1 amide bonds. The molecular weight excluding hydrogens is 520 g/mol. The van der Waals surface area contributed by atoms with Crippen molar-refractivity contribution >= 4 is 23.3 Å². The average Bonchev–Trinajstić information content (AvgIpc) is 3.64. The van der Waals surface area contributed by atoms with Crippen molar-refractivity contribution < 1.29 is 19.1 Å². The molecule has 0 spiro atoms. The number of carbonyl (C=O) groups excluding carboxylic acids is 2. The number of rotatable bonds is 7. The van der Waals surface area contributed by atoms with Crippen molar-refractivity contribution in [2.45, 2.75) is 58.4 Å². The number of ether oxygens (including phenoxy) is 2. The molecule has 4 aromatic rings. The molecule has 41 heavy (non-hydrogen) atoms. The van der Waals surface area contributed by atoms with Crippen molar-refractivity contribution in [1.29, 1.82) is 0 Å². The smallest absolute Gasteiger partial charge is 0.343 e. The summed E-state index contributed by atoms with van der Waals surface area (Å²) in [5.41, 5.74) is 3.57. The first kappa shape index (κ1) is 27.1. The zero-order valence-corrected chi connectivity index (χ0v) is 23.6. The van der Waals surface area contributed by atoms with E-state index in [0.717, 1.165) is 48.3 Å². The van der Waals surface area contributed by atoms with Crippen LogP contribution in [0.2, 0.25) is 0 Å². The van der Waals surface area contributed by atoms with Gasteiger partial charge in [0.25, 0.3) is 0 Å². The number of hydrogen-bond acceptors (Lipinski definition) is 7. The molecule has 0 radical (unpaired) electrons. The van der Waals surface area contributed by atoms with Gasteiger partial charge in [0.2, 0.25) is 5.91 Å². The lowest BCUT2D eigenvalue weighted by Gasteiger charge is -2.37. The van der Waals surface area contributed by atoms with Gasteiger partial charge >= 0.3 is 5.97 Å². The number of aromatic nitrogens is 5. The van der Waals surface area contributed by atoms with Crippen LogP contribution < -0.4 is 4.90 Å². The van der Waals surface area contributed by atoms with E-state index in [9.17, 15) is 9.59 Å². The molecule has 1 saturated heterocycles. The second-order valence-corrected chi connectivity index (χ2v) is 11.0. The normalized spacial score (nSPS) is 19.8. The highest BCUT2D eigenvalue weighted by atomic mass is 16.5. The van der Waals surface area contributed by atoms with Crippen LogP contribution in [0.25, 0.3) is 22.6 Å². The molecular formula is C31H36N6O4. The molecule has 0 atom stereocenters. The maximum Gasteiger partial charge on any atom is 0.343 e. The van der Waals surface area contributed by atoms with Crippen LogP contribution in [-0.4, -0.2) is 62.1 Å². The van der Waals surface area contributed by atoms with Gasteiger partial charge in [0.15, 0.2) is 11.5 Å². The summed E-state index contributed by atoms with van der Waals surface area (Å²) in [4.78, 5) is 33.5. The fourth-order valence-corrected chi connectivity index (χ4v) is 5.89. The molecule has 0 N–H and O–H groups in total. The molecule has 6 rings (SSSR count). The van der Waals surface area contributed by atoms with Gasteiger partial charge in [-0.05, 0) is 69.6 Å². The third-order valence-corrected chi connectivity index (χ3v) is 8.24. The Kier molecular flexibility index (Phi) is 7.82. The zero-order chi connectivity index (χ0) is 28.3. The summed E-state index contributed by atoms with van der Waals surface area (Å²) in [7, 11) is 0. The maximum absolute atomic E-state index is 14.1. The number of benzene rings is 1. The minimum Gasteiger partial charge on any atom is -0.462 e. The highest BCUT2D eigenvalue weighted by molar-refractivity contribution is 6.02. The molecule has 10 heteroatoms. The molecule has 1 aliphatic heterocycles. The summed E-state index contributed by atoms with van der Waals surface area (Å²) in [6.07, 6.45) is 10.5. The maximum atomic E-state index is 14.1. The van der Waals surface area contributed by atoms with Crippen LogP contribution in [0.1, 0.15) is 62.7 Å².